The van der Waals surface area contributed by atoms with Crippen LogP contribution in [0.4, 0.5) is 5.69 Å². The van der Waals surface area contributed by atoms with Crippen LogP contribution < -0.4 is 5.32 Å². The van der Waals surface area contributed by atoms with Crippen molar-refractivity contribution in [2.75, 3.05) is 5.32 Å². The molecule has 1 heterocycles. The Kier molecular flexibility index (Phi) is 2.95. The van der Waals surface area contributed by atoms with E-state index in [1.54, 1.807) is 0 Å². The van der Waals surface area contributed by atoms with Crippen LogP contribution in [0.5, 0.6) is 0 Å². The molecule has 0 atom stereocenters. The Labute approximate surface area is 102 Å². The van der Waals surface area contributed by atoms with Gasteiger partial charge < -0.3 is 5.32 Å². The van der Waals surface area contributed by atoms with Gasteiger partial charge in [-0.05, 0) is 55.7 Å². The molecule has 1 aliphatic rings. The fourth-order valence-corrected chi connectivity index (χ4v) is 2.48. The summed E-state index contributed by atoms with van der Waals surface area (Å²) in [6.45, 7) is 0. The molecule has 2 aromatic rings. The average molecular weight is 225 g/mol. The number of rotatable bonds is 2. The van der Waals surface area contributed by atoms with Crippen LogP contribution in [0.15, 0.2) is 36.7 Å². The van der Waals surface area contributed by atoms with E-state index >= 15 is 0 Å². The van der Waals surface area contributed by atoms with E-state index in [4.69, 9.17) is 0 Å². The lowest BCUT2D eigenvalue weighted by Gasteiger charge is -2.23. The summed E-state index contributed by atoms with van der Waals surface area (Å²) in [5, 5.41) is 6.09. The minimum atomic E-state index is 0.638. The summed E-state index contributed by atoms with van der Waals surface area (Å²) in [7, 11) is 0. The standard InChI is InChI=1S/C15H17N2/c1-2-4-14(5-3-1)17-15-7-6-13-11-16-9-8-12(13)10-15/h1,6-11,14,17H,2-5H2. The number of hydrogen-bond acceptors (Lipinski definition) is 2. The molecule has 1 saturated carbocycles. The Balaban J connectivity index is 1.80. The van der Waals surface area contributed by atoms with Gasteiger partial charge in [-0.3, -0.25) is 4.98 Å². The number of hydrogen-bond donors (Lipinski definition) is 1. The second-order valence-electron chi connectivity index (χ2n) is 4.72. The van der Waals surface area contributed by atoms with Gasteiger partial charge in [0.25, 0.3) is 0 Å². The summed E-state index contributed by atoms with van der Waals surface area (Å²) in [5.41, 5.74) is 1.23. The van der Waals surface area contributed by atoms with Crippen LogP contribution in [0.2, 0.25) is 0 Å². The molecule has 0 unspecified atom stereocenters. The van der Waals surface area contributed by atoms with Gasteiger partial charge in [0, 0.05) is 29.5 Å². The highest BCUT2D eigenvalue weighted by atomic mass is 14.9. The van der Waals surface area contributed by atoms with Crippen molar-refractivity contribution >= 4 is 16.5 Å². The van der Waals surface area contributed by atoms with E-state index in [9.17, 15) is 0 Å². The number of anilines is 1. The van der Waals surface area contributed by atoms with Crippen LogP contribution in [0.3, 0.4) is 0 Å². The van der Waals surface area contributed by atoms with Gasteiger partial charge >= 0.3 is 0 Å². The van der Waals surface area contributed by atoms with Gasteiger partial charge in [-0.2, -0.15) is 0 Å². The van der Waals surface area contributed by atoms with Crippen molar-refractivity contribution < 1.29 is 0 Å². The molecule has 0 spiro atoms. The zero-order valence-corrected chi connectivity index (χ0v) is 9.89. The molecule has 0 saturated heterocycles. The Morgan fingerprint density at radius 1 is 1.06 bits per heavy atom. The van der Waals surface area contributed by atoms with Crippen molar-refractivity contribution in [2.45, 2.75) is 31.7 Å². The van der Waals surface area contributed by atoms with E-state index < -0.39 is 0 Å². The molecule has 0 aliphatic heterocycles. The van der Waals surface area contributed by atoms with Gasteiger partial charge in [0.15, 0.2) is 0 Å². The number of nitrogens with one attached hydrogen (secondary N) is 1. The minimum absolute atomic E-state index is 0.638. The number of nitrogens with zero attached hydrogens (tertiary/aromatic N) is 1. The first-order chi connectivity index (χ1) is 8.42. The third-order valence-corrected chi connectivity index (χ3v) is 3.45. The summed E-state index contributed by atoms with van der Waals surface area (Å²) in [6.07, 6.45) is 11.2. The smallest absolute Gasteiger partial charge is 0.0348 e. The normalized spacial score (nSPS) is 17.2. The summed E-state index contributed by atoms with van der Waals surface area (Å²) >= 11 is 0. The van der Waals surface area contributed by atoms with Crippen molar-refractivity contribution in [3.63, 3.8) is 0 Å². The first kappa shape index (κ1) is 10.6. The number of fused-ring (bicyclic) bond motifs is 1. The molecule has 0 bridgehead atoms. The second-order valence-corrected chi connectivity index (χ2v) is 4.72. The molecule has 1 aromatic carbocycles. The summed E-state index contributed by atoms with van der Waals surface area (Å²) in [4.78, 5) is 4.13. The van der Waals surface area contributed by atoms with E-state index in [0.29, 0.717) is 6.04 Å². The Morgan fingerprint density at radius 2 is 1.94 bits per heavy atom. The molecule has 1 N–H and O–H groups in total. The van der Waals surface area contributed by atoms with Gasteiger partial charge in [-0.1, -0.05) is 6.07 Å². The first-order valence-electron chi connectivity index (χ1n) is 6.34. The van der Waals surface area contributed by atoms with Crippen LogP contribution in [0.1, 0.15) is 25.7 Å². The van der Waals surface area contributed by atoms with Crippen LogP contribution in [0, 0.1) is 6.42 Å². The Bertz CT molecular complexity index is 501. The van der Waals surface area contributed by atoms with Gasteiger partial charge in [-0.15, -0.1) is 0 Å². The molecule has 17 heavy (non-hydrogen) atoms. The highest BCUT2D eigenvalue weighted by molar-refractivity contribution is 5.84. The molecular formula is C15H17N2. The van der Waals surface area contributed by atoms with Crippen LogP contribution in [0.25, 0.3) is 10.8 Å². The third kappa shape index (κ3) is 2.41. The highest BCUT2D eigenvalue weighted by Crippen LogP contribution is 2.23. The third-order valence-electron chi connectivity index (χ3n) is 3.45. The highest BCUT2D eigenvalue weighted by Gasteiger charge is 2.12. The number of benzene rings is 1. The molecule has 1 fully saturated rings. The van der Waals surface area contributed by atoms with Crippen LogP contribution in [-0.2, 0) is 0 Å². The van der Waals surface area contributed by atoms with E-state index in [-0.39, 0.29) is 0 Å². The lowest BCUT2D eigenvalue weighted by Crippen LogP contribution is -2.22. The zero-order chi connectivity index (χ0) is 11.5. The lowest BCUT2D eigenvalue weighted by molar-refractivity contribution is 0.535. The van der Waals surface area contributed by atoms with Gasteiger partial charge in [-0.25, -0.2) is 0 Å². The van der Waals surface area contributed by atoms with Crippen molar-refractivity contribution in [1.82, 2.24) is 4.98 Å². The molecule has 2 heteroatoms. The lowest BCUT2D eigenvalue weighted by atomic mass is 9.95. The quantitative estimate of drug-likeness (QED) is 0.841. The molecule has 87 valence electrons. The maximum absolute atomic E-state index is 4.13. The largest absolute Gasteiger partial charge is 0.382 e. The van der Waals surface area contributed by atoms with Crippen molar-refractivity contribution in [3.05, 3.63) is 43.1 Å². The van der Waals surface area contributed by atoms with E-state index in [0.717, 1.165) is 0 Å². The van der Waals surface area contributed by atoms with Crippen LogP contribution in [-0.4, -0.2) is 11.0 Å². The van der Waals surface area contributed by atoms with Gasteiger partial charge in [0.1, 0.15) is 0 Å². The molecule has 3 rings (SSSR count). The van der Waals surface area contributed by atoms with Crippen molar-refractivity contribution in [1.29, 1.82) is 0 Å². The van der Waals surface area contributed by atoms with E-state index in [2.05, 4.69) is 41.0 Å². The molecule has 1 radical (unpaired) electrons. The first-order valence-corrected chi connectivity index (χ1v) is 6.34. The van der Waals surface area contributed by atoms with Crippen molar-refractivity contribution in [2.24, 2.45) is 0 Å². The monoisotopic (exact) mass is 225 g/mol. The second kappa shape index (κ2) is 4.74. The fraction of sp³-hybridized carbons (Fsp3) is 0.333. The Hall–Kier alpha value is -1.57. The SMILES string of the molecule is [CH]1CCC(Nc2ccc3cnccc3c2)CC1. The topological polar surface area (TPSA) is 24.9 Å². The molecule has 1 aliphatic carbocycles. The molecule has 1 aromatic heterocycles. The Morgan fingerprint density at radius 3 is 2.82 bits per heavy atom. The summed E-state index contributed by atoms with van der Waals surface area (Å²) in [5.74, 6) is 0. The predicted octanol–water partition coefficient (Wildman–Crippen LogP) is 3.79. The van der Waals surface area contributed by atoms with E-state index in [1.165, 1.54) is 42.1 Å². The van der Waals surface area contributed by atoms with Gasteiger partial charge in [0.05, 0.1) is 0 Å². The minimum Gasteiger partial charge on any atom is -0.382 e. The molecule has 2 nitrogen and oxygen atoms in total. The maximum Gasteiger partial charge on any atom is 0.0348 e. The average Bonchev–Trinajstić information content (AvgIpc) is 2.40. The predicted molar refractivity (Wildman–Crippen MR) is 71.9 cm³/mol. The fourth-order valence-electron chi connectivity index (χ4n) is 2.48. The van der Waals surface area contributed by atoms with Crippen molar-refractivity contribution in [3.8, 4) is 0 Å². The molecule has 0 amide bonds. The zero-order valence-electron chi connectivity index (χ0n) is 9.89. The number of pyridine rings is 1. The number of aromatic nitrogens is 1. The summed E-state index contributed by atoms with van der Waals surface area (Å²) in [6, 6.07) is 9.21. The maximum atomic E-state index is 4.13. The summed E-state index contributed by atoms with van der Waals surface area (Å²) < 4.78 is 0. The van der Waals surface area contributed by atoms with Crippen LogP contribution >= 0.6 is 0 Å². The van der Waals surface area contributed by atoms with Gasteiger partial charge in [0.2, 0.25) is 0 Å². The molecular weight excluding hydrogens is 208 g/mol. The van der Waals surface area contributed by atoms with E-state index in [1.807, 2.05) is 12.4 Å².